The van der Waals surface area contributed by atoms with Gasteiger partial charge in [0.05, 0.1) is 0 Å². The SMILES string of the molecule is CCC(OC)c1noc(CC(NC)C2CCCC2)n1. The first-order valence-electron chi connectivity index (χ1n) is 7.31. The summed E-state index contributed by atoms with van der Waals surface area (Å²) in [6.45, 7) is 2.05. The van der Waals surface area contributed by atoms with E-state index in [-0.39, 0.29) is 6.10 Å². The summed E-state index contributed by atoms with van der Waals surface area (Å²) in [5.41, 5.74) is 0. The molecule has 5 heteroatoms. The van der Waals surface area contributed by atoms with Crippen molar-refractivity contribution in [2.24, 2.45) is 5.92 Å². The van der Waals surface area contributed by atoms with Crippen LogP contribution in [0, 0.1) is 5.92 Å². The minimum absolute atomic E-state index is 0.0583. The second-order valence-electron chi connectivity index (χ2n) is 5.32. The van der Waals surface area contributed by atoms with Gasteiger partial charge < -0.3 is 14.6 Å². The van der Waals surface area contributed by atoms with E-state index in [4.69, 9.17) is 9.26 Å². The van der Waals surface area contributed by atoms with Crippen LogP contribution in [-0.4, -0.2) is 30.3 Å². The van der Waals surface area contributed by atoms with Crippen LogP contribution in [0.1, 0.15) is 56.8 Å². The van der Waals surface area contributed by atoms with Gasteiger partial charge in [0.1, 0.15) is 6.10 Å². The van der Waals surface area contributed by atoms with Gasteiger partial charge in [0, 0.05) is 19.6 Å². The van der Waals surface area contributed by atoms with Crippen LogP contribution in [0.15, 0.2) is 4.52 Å². The molecule has 2 unspecified atom stereocenters. The van der Waals surface area contributed by atoms with Crippen LogP contribution in [0.5, 0.6) is 0 Å². The van der Waals surface area contributed by atoms with Crippen LogP contribution in [-0.2, 0) is 11.2 Å². The highest BCUT2D eigenvalue weighted by Gasteiger charge is 2.26. The van der Waals surface area contributed by atoms with Crippen molar-refractivity contribution < 1.29 is 9.26 Å². The average Bonchev–Trinajstić information content (AvgIpc) is 3.09. The Morgan fingerprint density at radius 3 is 2.74 bits per heavy atom. The molecule has 1 aromatic heterocycles. The fourth-order valence-electron chi connectivity index (χ4n) is 2.99. The highest BCUT2D eigenvalue weighted by atomic mass is 16.5. The van der Waals surface area contributed by atoms with E-state index in [0.29, 0.717) is 11.9 Å². The molecule has 1 N–H and O–H groups in total. The number of likely N-dealkylation sites (N-methyl/N-ethyl adjacent to an activating group) is 1. The van der Waals surface area contributed by atoms with Gasteiger partial charge in [-0.15, -0.1) is 0 Å². The summed E-state index contributed by atoms with van der Waals surface area (Å²) in [7, 11) is 3.70. The van der Waals surface area contributed by atoms with Crippen molar-refractivity contribution in [3.63, 3.8) is 0 Å². The zero-order chi connectivity index (χ0) is 13.7. The first-order valence-corrected chi connectivity index (χ1v) is 7.31. The Bertz CT molecular complexity index is 371. The summed E-state index contributed by atoms with van der Waals surface area (Å²) in [6.07, 6.45) is 6.92. The second kappa shape index (κ2) is 7.01. The van der Waals surface area contributed by atoms with Crippen molar-refractivity contribution in [2.75, 3.05) is 14.2 Å². The van der Waals surface area contributed by atoms with Gasteiger partial charge >= 0.3 is 0 Å². The summed E-state index contributed by atoms with van der Waals surface area (Å²) >= 11 is 0. The molecule has 2 atom stereocenters. The normalized spacial score (nSPS) is 19.7. The van der Waals surface area contributed by atoms with E-state index in [2.05, 4.69) is 22.4 Å². The largest absolute Gasteiger partial charge is 0.373 e. The van der Waals surface area contributed by atoms with Gasteiger partial charge in [-0.05, 0) is 32.2 Å². The van der Waals surface area contributed by atoms with Crippen molar-refractivity contribution in [3.05, 3.63) is 11.7 Å². The fourth-order valence-corrected chi connectivity index (χ4v) is 2.99. The molecule has 0 spiro atoms. The monoisotopic (exact) mass is 267 g/mol. The first-order chi connectivity index (χ1) is 9.28. The second-order valence-corrected chi connectivity index (χ2v) is 5.32. The quantitative estimate of drug-likeness (QED) is 0.822. The molecular formula is C14H25N3O2. The van der Waals surface area contributed by atoms with E-state index < -0.39 is 0 Å². The van der Waals surface area contributed by atoms with Gasteiger partial charge in [0.25, 0.3) is 0 Å². The maximum atomic E-state index is 5.36. The predicted molar refractivity (Wildman–Crippen MR) is 72.8 cm³/mol. The van der Waals surface area contributed by atoms with Crippen LogP contribution in [0.3, 0.4) is 0 Å². The zero-order valence-electron chi connectivity index (χ0n) is 12.2. The Hall–Kier alpha value is -0.940. The molecule has 19 heavy (non-hydrogen) atoms. The minimum Gasteiger partial charge on any atom is -0.373 e. The lowest BCUT2D eigenvalue weighted by Gasteiger charge is -2.20. The molecule has 1 heterocycles. The maximum absolute atomic E-state index is 5.36. The van der Waals surface area contributed by atoms with Crippen LogP contribution in [0.4, 0.5) is 0 Å². The summed E-state index contributed by atoms with van der Waals surface area (Å²) in [5.74, 6) is 2.13. The summed E-state index contributed by atoms with van der Waals surface area (Å²) in [4.78, 5) is 4.47. The lowest BCUT2D eigenvalue weighted by Crippen LogP contribution is -2.34. The molecule has 0 aromatic carbocycles. The number of nitrogens with one attached hydrogen (secondary N) is 1. The van der Waals surface area contributed by atoms with Crippen LogP contribution < -0.4 is 5.32 Å². The van der Waals surface area contributed by atoms with Gasteiger partial charge in [0.15, 0.2) is 0 Å². The van der Waals surface area contributed by atoms with Gasteiger partial charge in [-0.2, -0.15) is 4.98 Å². The zero-order valence-corrected chi connectivity index (χ0v) is 12.2. The lowest BCUT2D eigenvalue weighted by atomic mass is 9.95. The molecule has 1 aliphatic rings. The number of aromatic nitrogens is 2. The topological polar surface area (TPSA) is 60.2 Å². The maximum Gasteiger partial charge on any atom is 0.228 e. The van der Waals surface area contributed by atoms with E-state index in [1.54, 1.807) is 7.11 Å². The van der Waals surface area contributed by atoms with Gasteiger partial charge in [0.2, 0.25) is 11.7 Å². The minimum atomic E-state index is -0.0583. The molecule has 1 aromatic rings. The third-order valence-corrected chi connectivity index (χ3v) is 4.16. The molecule has 0 aliphatic heterocycles. The summed E-state index contributed by atoms with van der Waals surface area (Å²) in [5, 5.41) is 7.43. The first kappa shape index (κ1) is 14.5. The molecule has 2 rings (SSSR count). The van der Waals surface area contributed by atoms with Crippen LogP contribution in [0.25, 0.3) is 0 Å². The van der Waals surface area contributed by atoms with Gasteiger partial charge in [-0.1, -0.05) is 24.9 Å². The number of nitrogens with zero attached hydrogens (tertiary/aromatic N) is 2. The fraction of sp³-hybridized carbons (Fsp3) is 0.857. The molecule has 0 bridgehead atoms. The van der Waals surface area contributed by atoms with Crippen LogP contribution in [0.2, 0.25) is 0 Å². The summed E-state index contributed by atoms with van der Waals surface area (Å²) < 4.78 is 10.7. The molecule has 0 saturated heterocycles. The highest BCUT2D eigenvalue weighted by Crippen LogP contribution is 2.29. The Morgan fingerprint density at radius 1 is 1.42 bits per heavy atom. The Kier molecular flexibility index (Phi) is 5.34. The van der Waals surface area contributed by atoms with Crippen molar-refractivity contribution >= 4 is 0 Å². The number of hydrogen-bond donors (Lipinski definition) is 1. The number of hydrogen-bond acceptors (Lipinski definition) is 5. The van der Waals surface area contributed by atoms with Gasteiger partial charge in [-0.25, -0.2) is 0 Å². The van der Waals surface area contributed by atoms with E-state index in [0.717, 1.165) is 24.7 Å². The Morgan fingerprint density at radius 2 is 2.16 bits per heavy atom. The Labute approximate surface area is 115 Å². The average molecular weight is 267 g/mol. The molecule has 1 fully saturated rings. The van der Waals surface area contributed by atoms with Crippen LogP contribution >= 0.6 is 0 Å². The van der Waals surface area contributed by atoms with Crippen molar-refractivity contribution in [1.29, 1.82) is 0 Å². The van der Waals surface area contributed by atoms with Crippen molar-refractivity contribution in [3.8, 4) is 0 Å². The number of methoxy groups -OCH3 is 1. The van der Waals surface area contributed by atoms with E-state index in [1.807, 2.05) is 7.05 Å². The number of rotatable bonds is 7. The highest BCUT2D eigenvalue weighted by molar-refractivity contribution is 4.94. The molecule has 1 aliphatic carbocycles. The lowest BCUT2D eigenvalue weighted by molar-refractivity contribution is 0.0903. The van der Waals surface area contributed by atoms with E-state index >= 15 is 0 Å². The molecule has 108 valence electrons. The molecule has 0 amide bonds. The third-order valence-electron chi connectivity index (χ3n) is 4.16. The Balaban J connectivity index is 1.97. The van der Waals surface area contributed by atoms with E-state index in [1.165, 1.54) is 25.7 Å². The van der Waals surface area contributed by atoms with E-state index in [9.17, 15) is 0 Å². The van der Waals surface area contributed by atoms with Crippen molar-refractivity contribution in [2.45, 2.75) is 57.6 Å². The van der Waals surface area contributed by atoms with Crippen molar-refractivity contribution in [1.82, 2.24) is 15.5 Å². The molecule has 5 nitrogen and oxygen atoms in total. The molecule has 0 radical (unpaired) electrons. The molecule has 1 saturated carbocycles. The van der Waals surface area contributed by atoms with Gasteiger partial charge in [-0.3, -0.25) is 0 Å². The third kappa shape index (κ3) is 3.54. The predicted octanol–water partition coefficient (Wildman–Crippen LogP) is 2.49. The number of ether oxygens (including phenoxy) is 1. The smallest absolute Gasteiger partial charge is 0.228 e. The summed E-state index contributed by atoms with van der Waals surface area (Å²) in [6, 6.07) is 0.443. The molecular weight excluding hydrogens is 242 g/mol. The standard InChI is InChI=1S/C14H25N3O2/c1-4-12(18-3)14-16-13(19-17-14)9-11(15-2)10-7-5-6-8-10/h10-12,15H,4-9H2,1-3H3.